The van der Waals surface area contributed by atoms with Crippen LogP contribution in [0.2, 0.25) is 0 Å². The van der Waals surface area contributed by atoms with Gasteiger partial charge in [-0.1, -0.05) is 13.0 Å². The molecule has 0 unspecified atom stereocenters. The number of imide groups is 1. The number of carbonyl (C=O) groups is 3. The van der Waals surface area contributed by atoms with Gasteiger partial charge in [0, 0.05) is 6.08 Å². The summed E-state index contributed by atoms with van der Waals surface area (Å²) in [7, 11) is 0. The Kier molecular flexibility index (Phi) is 9.67. The molecule has 0 fully saturated rings. The van der Waals surface area contributed by atoms with Crippen molar-refractivity contribution in [1.82, 2.24) is 10.6 Å². The minimum absolute atomic E-state index is 0.126. The Labute approximate surface area is 180 Å². The van der Waals surface area contributed by atoms with Crippen LogP contribution in [0.4, 0.5) is 4.79 Å². The largest absolute Gasteiger partial charge is 0.490 e. The SMILES string of the molecule is CCCOc1ccc(/C=C/C(=O)OCC(=O)NC(=O)NCc2ccco2)cc1OCC. The second kappa shape index (κ2) is 12.7. The number of carbonyl (C=O) groups excluding carboxylic acids is 3. The standard InChI is InChI=1S/C22H26N2O7/c1-3-11-30-18-9-7-16(13-19(18)28-4-2)8-10-21(26)31-15-20(25)24-22(27)23-14-17-6-5-12-29-17/h5-10,12-13H,3-4,11,14-15H2,1-2H3,(H2,23,24,25,27)/b10-8+. The zero-order chi connectivity index (χ0) is 22.5. The number of amides is 3. The summed E-state index contributed by atoms with van der Waals surface area (Å²) in [5.41, 5.74) is 0.700. The van der Waals surface area contributed by atoms with Crippen LogP contribution in [-0.4, -0.2) is 37.7 Å². The summed E-state index contributed by atoms with van der Waals surface area (Å²) in [4.78, 5) is 35.2. The lowest BCUT2D eigenvalue weighted by Crippen LogP contribution is -2.41. The first-order valence-electron chi connectivity index (χ1n) is 9.86. The first-order chi connectivity index (χ1) is 15.0. The van der Waals surface area contributed by atoms with Crippen LogP contribution in [0.15, 0.2) is 47.1 Å². The first kappa shape index (κ1) is 23.5. The van der Waals surface area contributed by atoms with Crippen molar-refractivity contribution >= 4 is 24.0 Å². The van der Waals surface area contributed by atoms with Crippen molar-refractivity contribution in [3.63, 3.8) is 0 Å². The summed E-state index contributed by atoms with van der Waals surface area (Å²) >= 11 is 0. The van der Waals surface area contributed by atoms with Gasteiger partial charge in [-0.25, -0.2) is 9.59 Å². The highest BCUT2D eigenvalue weighted by molar-refractivity contribution is 5.96. The van der Waals surface area contributed by atoms with Gasteiger partial charge in [-0.2, -0.15) is 0 Å². The maximum absolute atomic E-state index is 11.8. The second-order valence-electron chi connectivity index (χ2n) is 6.24. The fraction of sp³-hybridized carbons (Fsp3) is 0.318. The molecule has 0 spiro atoms. The summed E-state index contributed by atoms with van der Waals surface area (Å²) in [6, 6.07) is 7.92. The maximum Gasteiger partial charge on any atom is 0.331 e. The minimum Gasteiger partial charge on any atom is -0.490 e. The molecule has 0 radical (unpaired) electrons. The zero-order valence-electron chi connectivity index (χ0n) is 17.5. The molecule has 2 rings (SSSR count). The molecule has 0 atom stereocenters. The first-order valence-corrected chi connectivity index (χ1v) is 9.86. The van der Waals surface area contributed by atoms with E-state index >= 15 is 0 Å². The molecule has 0 bridgehead atoms. The monoisotopic (exact) mass is 430 g/mol. The molecular formula is C22H26N2O7. The highest BCUT2D eigenvalue weighted by Crippen LogP contribution is 2.29. The summed E-state index contributed by atoms with van der Waals surface area (Å²) in [6.07, 6.45) is 5.06. The molecule has 0 saturated heterocycles. The van der Waals surface area contributed by atoms with Crippen LogP contribution >= 0.6 is 0 Å². The van der Waals surface area contributed by atoms with Gasteiger partial charge >= 0.3 is 12.0 Å². The third-order valence-electron chi connectivity index (χ3n) is 3.74. The van der Waals surface area contributed by atoms with Gasteiger partial charge in [-0.05, 0) is 49.2 Å². The van der Waals surface area contributed by atoms with E-state index < -0.39 is 24.5 Å². The normalized spacial score (nSPS) is 10.5. The van der Waals surface area contributed by atoms with Gasteiger partial charge in [0.25, 0.3) is 5.91 Å². The van der Waals surface area contributed by atoms with Gasteiger partial charge in [0.15, 0.2) is 18.1 Å². The van der Waals surface area contributed by atoms with E-state index in [9.17, 15) is 14.4 Å². The number of rotatable bonds is 11. The number of hydrogen-bond donors (Lipinski definition) is 2. The van der Waals surface area contributed by atoms with Crippen molar-refractivity contribution in [2.24, 2.45) is 0 Å². The molecule has 0 aliphatic rings. The lowest BCUT2D eigenvalue weighted by atomic mass is 10.2. The van der Waals surface area contributed by atoms with Crippen LogP contribution < -0.4 is 20.1 Å². The van der Waals surface area contributed by atoms with Gasteiger partial charge in [0.1, 0.15) is 5.76 Å². The van der Waals surface area contributed by atoms with Crippen LogP contribution in [0.25, 0.3) is 6.08 Å². The molecule has 166 valence electrons. The van der Waals surface area contributed by atoms with Gasteiger partial charge in [0.2, 0.25) is 0 Å². The average Bonchev–Trinajstić information content (AvgIpc) is 3.28. The number of hydrogen-bond acceptors (Lipinski definition) is 7. The third-order valence-corrected chi connectivity index (χ3v) is 3.74. The Bertz CT molecular complexity index is 891. The Hall–Kier alpha value is -3.75. The fourth-order valence-electron chi connectivity index (χ4n) is 2.36. The van der Waals surface area contributed by atoms with Crippen molar-refractivity contribution in [3.05, 3.63) is 54.0 Å². The fourth-order valence-corrected chi connectivity index (χ4v) is 2.36. The molecule has 9 heteroatoms. The zero-order valence-corrected chi connectivity index (χ0v) is 17.5. The summed E-state index contributed by atoms with van der Waals surface area (Å²) < 4.78 is 21.1. The summed E-state index contributed by atoms with van der Waals surface area (Å²) in [5.74, 6) is 0.263. The molecule has 9 nitrogen and oxygen atoms in total. The van der Waals surface area contributed by atoms with E-state index in [2.05, 4.69) is 10.6 Å². The quantitative estimate of drug-likeness (QED) is 0.416. The highest BCUT2D eigenvalue weighted by atomic mass is 16.5. The molecule has 2 N–H and O–H groups in total. The van der Waals surface area contributed by atoms with Gasteiger partial charge in [-0.3, -0.25) is 10.1 Å². The van der Waals surface area contributed by atoms with E-state index in [0.717, 1.165) is 6.42 Å². The molecule has 1 aromatic heterocycles. The van der Waals surface area contributed by atoms with Gasteiger partial charge in [-0.15, -0.1) is 0 Å². The number of urea groups is 1. The Morgan fingerprint density at radius 3 is 2.65 bits per heavy atom. The van der Waals surface area contributed by atoms with Crippen LogP contribution in [0, 0.1) is 0 Å². The predicted octanol–water partition coefficient (Wildman–Crippen LogP) is 3.05. The van der Waals surface area contributed by atoms with Crippen molar-refractivity contribution in [2.75, 3.05) is 19.8 Å². The maximum atomic E-state index is 11.8. The van der Waals surface area contributed by atoms with Crippen molar-refractivity contribution in [3.8, 4) is 11.5 Å². The summed E-state index contributed by atoms with van der Waals surface area (Å²) in [6.45, 7) is 4.46. The van der Waals surface area contributed by atoms with E-state index in [0.29, 0.717) is 36.0 Å². The highest BCUT2D eigenvalue weighted by Gasteiger charge is 2.10. The predicted molar refractivity (Wildman–Crippen MR) is 112 cm³/mol. The smallest absolute Gasteiger partial charge is 0.331 e. The van der Waals surface area contributed by atoms with Crippen LogP contribution in [-0.2, 0) is 20.9 Å². The second-order valence-corrected chi connectivity index (χ2v) is 6.24. The molecule has 2 aromatic rings. The Morgan fingerprint density at radius 2 is 1.94 bits per heavy atom. The number of nitrogens with one attached hydrogen (secondary N) is 2. The number of benzene rings is 1. The molecule has 3 amide bonds. The van der Waals surface area contributed by atoms with Gasteiger partial charge < -0.3 is 23.9 Å². The van der Waals surface area contributed by atoms with Crippen molar-refractivity contribution < 1.29 is 33.0 Å². The number of furan rings is 1. The molecular weight excluding hydrogens is 404 g/mol. The van der Waals surface area contributed by atoms with E-state index in [-0.39, 0.29) is 6.54 Å². The molecule has 0 aliphatic carbocycles. The van der Waals surface area contributed by atoms with E-state index in [1.54, 1.807) is 30.3 Å². The topological polar surface area (TPSA) is 116 Å². The third kappa shape index (κ3) is 8.65. The molecule has 31 heavy (non-hydrogen) atoms. The molecule has 1 heterocycles. The molecule has 1 aromatic carbocycles. The lowest BCUT2D eigenvalue weighted by Gasteiger charge is -2.12. The number of esters is 1. The van der Waals surface area contributed by atoms with Crippen molar-refractivity contribution in [2.45, 2.75) is 26.8 Å². The van der Waals surface area contributed by atoms with Crippen LogP contribution in [0.5, 0.6) is 11.5 Å². The van der Waals surface area contributed by atoms with E-state index in [1.165, 1.54) is 18.4 Å². The van der Waals surface area contributed by atoms with E-state index in [1.807, 2.05) is 13.8 Å². The van der Waals surface area contributed by atoms with Gasteiger partial charge in [0.05, 0.1) is 26.0 Å². The minimum atomic E-state index is -0.755. The number of ether oxygens (including phenoxy) is 3. The average molecular weight is 430 g/mol. The van der Waals surface area contributed by atoms with Crippen LogP contribution in [0.3, 0.4) is 0 Å². The Morgan fingerprint density at radius 1 is 1.10 bits per heavy atom. The van der Waals surface area contributed by atoms with E-state index in [4.69, 9.17) is 18.6 Å². The molecule has 0 saturated carbocycles. The molecule has 0 aliphatic heterocycles. The lowest BCUT2D eigenvalue weighted by molar-refractivity contribution is -0.143. The van der Waals surface area contributed by atoms with Crippen molar-refractivity contribution in [1.29, 1.82) is 0 Å². The van der Waals surface area contributed by atoms with Crippen LogP contribution in [0.1, 0.15) is 31.6 Å². The Balaban J connectivity index is 1.78. The summed E-state index contributed by atoms with van der Waals surface area (Å²) in [5, 5.41) is 4.50.